The molecule has 0 saturated carbocycles. The summed E-state index contributed by atoms with van der Waals surface area (Å²) in [5, 5.41) is 0. The van der Waals surface area contributed by atoms with E-state index in [9.17, 15) is 8.42 Å². The van der Waals surface area contributed by atoms with Gasteiger partial charge in [0.2, 0.25) is 5.82 Å². The molecule has 0 unspecified atom stereocenters. The van der Waals surface area contributed by atoms with Crippen molar-refractivity contribution in [2.24, 2.45) is 0 Å². The van der Waals surface area contributed by atoms with Gasteiger partial charge in [0.1, 0.15) is 6.61 Å². The van der Waals surface area contributed by atoms with Crippen molar-refractivity contribution >= 4 is 15.8 Å². The normalized spacial score (nSPS) is 11.1. The van der Waals surface area contributed by atoms with E-state index >= 15 is 0 Å². The van der Waals surface area contributed by atoms with Crippen molar-refractivity contribution in [3.8, 4) is 17.1 Å². The summed E-state index contributed by atoms with van der Waals surface area (Å²) >= 11 is 0. The topological polar surface area (TPSA) is 94.1 Å². The van der Waals surface area contributed by atoms with E-state index in [2.05, 4.69) is 19.7 Å². The zero-order chi connectivity index (χ0) is 21.7. The van der Waals surface area contributed by atoms with Crippen LogP contribution in [0, 0.1) is 6.92 Å². The number of aromatic nitrogens is 3. The van der Waals surface area contributed by atoms with Gasteiger partial charge < -0.3 is 4.74 Å². The molecule has 2 heterocycles. The van der Waals surface area contributed by atoms with Crippen LogP contribution in [0.3, 0.4) is 0 Å². The van der Waals surface area contributed by atoms with Crippen molar-refractivity contribution in [3.63, 3.8) is 0 Å². The summed E-state index contributed by atoms with van der Waals surface area (Å²) in [7, 11) is -3.88. The van der Waals surface area contributed by atoms with Gasteiger partial charge in [-0.2, -0.15) is 0 Å². The molecule has 0 atom stereocenters. The number of sulfonamides is 1. The predicted molar refractivity (Wildman–Crippen MR) is 118 cm³/mol. The van der Waals surface area contributed by atoms with Crippen molar-refractivity contribution < 1.29 is 13.2 Å². The Morgan fingerprint density at radius 3 is 2.42 bits per heavy atom. The average Bonchev–Trinajstić information content (AvgIpc) is 2.79. The van der Waals surface area contributed by atoms with Crippen molar-refractivity contribution in [3.05, 3.63) is 96.4 Å². The van der Waals surface area contributed by atoms with E-state index in [-0.39, 0.29) is 23.2 Å². The predicted octanol–water partition coefficient (Wildman–Crippen LogP) is 4.23. The lowest BCUT2D eigenvalue weighted by molar-refractivity contribution is 0.294. The molecule has 0 bridgehead atoms. The van der Waals surface area contributed by atoms with Gasteiger partial charge in [-0.1, -0.05) is 54.1 Å². The fourth-order valence-corrected chi connectivity index (χ4v) is 3.84. The zero-order valence-corrected chi connectivity index (χ0v) is 17.6. The minimum atomic E-state index is -3.88. The van der Waals surface area contributed by atoms with Gasteiger partial charge >= 0.3 is 0 Å². The molecule has 0 aliphatic carbocycles. The summed E-state index contributed by atoms with van der Waals surface area (Å²) in [6, 6.07) is 19.6. The van der Waals surface area contributed by atoms with Gasteiger partial charge in [0.15, 0.2) is 0 Å². The first-order valence-electron chi connectivity index (χ1n) is 9.55. The largest absolute Gasteiger partial charge is 0.470 e. The van der Waals surface area contributed by atoms with Gasteiger partial charge in [-0.3, -0.25) is 9.71 Å². The number of hydrogen-bond acceptors (Lipinski definition) is 6. The highest BCUT2D eigenvalue weighted by Gasteiger charge is 2.20. The summed E-state index contributed by atoms with van der Waals surface area (Å²) in [6.07, 6.45) is 4.89. The molecule has 0 saturated heterocycles. The lowest BCUT2D eigenvalue weighted by Crippen LogP contribution is -2.16. The Morgan fingerprint density at radius 2 is 1.71 bits per heavy atom. The van der Waals surface area contributed by atoms with Crippen LogP contribution in [0.4, 0.5) is 5.82 Å². The summed E-state index contributed by atoms with van der Waals surface area (Å²) in [6.45, 7) is 2.06. The van der Waals surface area contributed by atoms with E-state index < -0.39 is 10.0 Å². The number of nitrogens with zero attached hydrogens (tertiary/aromatic N) is 3. The van der Waals surface area contributed by atoms with Crippen molar-refractivity contribution in [1.82, 2.24) is 15.0 Å². The Morgan fingerprint density at radius 1 is 0.935 bits per heavy atom. The van der Waals surface area contributed by atoms with Crippen molar-refractivity contribution in [1.29, 1.82) is 0 Å². The minimum absolute atomic E-state index is 0.0193. The smallest absolute Gasteiger partial charge is 0.263 e. The van der Waals surface area contributed by atoms with E-state index in [0.717, 1.165) is 16.7 Å². The first kappa shape index (κ1) is 20.5. The molecule has 0 fully saturated rings. The maximum absolute atomic E-state index is 12.9. The maximum atomic E-state index is 12.9. The molecule has 0 radical (unpaired) electrons. The van der Waals surface area contributed by atoms with Gasteiger partial charge in [-0.15, -0.1) is 0 Å². The molecule has 2 aromatic heterocycles. The number of nitrogens with one attached hydrogen (secondary N) is 1. The average molecular weight is 433 g/mol. The Hall–Kier alpha value is -3.78. The van der Waals surface area contributed by atoms with E-state index in [0.29, 0.717) is 5.69 Å². The van der Waals surface area contributed by atoms with E-state index in [1.54, 1.807) is 48.9 Å². The van der Waals surface area contributed by atoms with Crippen LogP contribution in [0.2, 0.25) is 0 Å². The van der Waals surface area contributed by atoms with Crippen molar-refractivity contribution in [2.45, 2.75) is 18.4 Å². The molecular weight excluding hydrogens is 412 g/mol. The Balaban J connectivity index is 1.68. The van der Waals surface area contributed by atoms with Crippen LogP contribution >= 0.6 is 0 Å². The van der Waals surface area contributed by atoms with Crippen molar-refractivity contribution in [2.75, 3.05) is 4.72 Å². The molecular formula is C23H20N4O3S. The monoisotopic (exact) mass is 432 g/mol. The molecule has 156 valence electrons. The Kier molecular flexibility index (Phi) is 5.90. The first-order chi connectivity index (χ1) is 15.0. The number of aryl methyl sites for hydroxylation is 1. The number of pyridine rings is 1. The van der Waals surface area contributed by atoms with Gasteiger partial charge in [0, 0.05) is 23.5 Å². The maximum Gasteiger partial charge on any atom is 0.263 e. The molecule has 31 heavy (non-hydrogen) atoms. The van der Waals surface area contributed by atoms with E-state index in [4.69, 9.17) is 4.74 Å². The Labute approximate surface area is 180 Å². The molecule has 7 nitrogen and oxygen atoms in total. The fraction of sp³-hybridized carbons (Fsp3) is 0.0870. The van der Waals surface area contributed by atoms with Crippen LogP contribution in [0.25, 0.3) is 11.3 Å². The van der Waals surface area contributed by atoms with Gasteiger partial charge in [0.25, 0.3) is 15.9 Å². The fourth-order valence-electron chi connectivity index (χ4n) is 2.84. The second kappa shape index (κ2) is 8.93. The number of rotatable bonds is 7. The molecule has 0 aliphatic heterocycles. The van der Waals surface area contributed by atoms with Gasteiger partial charge in [-0.05, 0) is 25.1 Å². The van der Waals surface area contributed by atoms with E-state index in [1.807, 2.05) is 43.3 Å². The molecule has 0 amide bonds. The summed E-state index contributed by atoms with van der Waals surface area (Å²) in [5.74, 6) is 0.102. The molecule has 0 aliphatic rings. The van der Waals surface area contributed by atoms with Crippen LogP contribution in [0.15, 0.2) is 90.2 Å². The van der Waals surface area contributed by atoms with Crippen LogP contribution in [0.5, 0.6) is 5.88 Å². The second-order valence-electron chi connectivity index (χ2n) is 6.84. The van der Waals surface area contributed by atoms with Crippen LogP contribution in [-0.4, -0.2) is 23.4 Å². The van der Waals surface area contributed by atoms with Crippen LogP contribution < -0.4 is 9.46 Å². The summed E-state index contributed by atoms with van der Waals surface area (Å²) < 4.78 is 34.2. The quantitative estimate of drug-likeness (QED) is 0.470. The standard InChI is InChI=1S/C23H20N4O3S/c1-17-9-11-20(12-10-17)31(28,29)27-22-23(30-16-18-6-5-13-24-14-18)25-15-21(26-22)19-7-3-2-4-8-19/h2-15H,16H2,1H3,(H,26,27). The van der Waals surface area contributed by atoms with Gasteiger partial charge in [0.05, 0.1) is 16.8 Å². The summed E-state index contributed by atoms with van der Waals surface area (Å²) in [5.41, 5.74) is 3.12. The number of anilines is 1. The second-order valence-corrected chi connectivity index (χ2v) is 8.53. The lowest BCUT2D eigenvalue weighted by atomic mass is 10.2. The molecule has 1 N–H and O–H groups in total. The highest BCUT2D eigenvalue weighted by molar-refractivity contribution is 7.92. The molecule has 4 aromatic rings. The summed E-state index contributed by atoms with van der Waals surface area (Å²) in [4.78, 5) is 13.0. The highest BCUT2D eigenvalue weighted by Crippen LogP contribution is 2.27. The number of ether oxygens (including phenoxy) is 1. The molecule has 2 aromatic carbocycles. The van der Waals surface area contributed by atoms with E-state index in [1.165, 1.54) is 0 Å². The van der Waals surface area contributed by atoms with Crippen LogP contribution in [-0.2, 0) is 16.6 Å². The number of hydrogen-bond donors (Lipinski definition) is 1. The number of benzene rings is 2. The van der Waals surface area contributed by atoms with Crippen LogP contribution in [0.1, 0.15) is 11.1 Å². The highest BCUT2D eigenvalue weighted by atomic mass is 32.2. The SMILES string of the molecule is Cc1ccc(S(=O)(=O)Nc2nc(-c3ccccc3)cnc2OCc2cccnc2)cc1. The molecule has 8 heteroatoms. The minimum Gasteiger partial charge on any atom is -0.470 e. The lowest BCUT2D eigenvalue weighted by Gasteiger charge is -2.13. The molecule has 0 spiro atoms. The zero-order valence-electron chi connectivity index (χ0n) is 16.8. The Bertz CT molecular complexity index is 1260. The third kappa shape index (κ3) is 5.04. The van der Waals surface area contributed by atoms with Gasteiger partial charge in [-0.25, -0.2) is 18.4 Å². The third-order valence-corrected chi connectivity index (χ3v) is 5.82. The third-order valence-electron chi connectivity index (χ3n) is 4.47. The first-order valence-corrected chi connectivity index (χ1v) is 11.0. The molecule has 4 rings (SSSR count).